The van der Waals surface area contributed by atoms with Crippen LogP contribution in [0.5, 0.6) is 0 Å². The van der Waals surface area contributed by atoms with Crippen LogP contribution in [-0.2, 0) is 206 Å². The third kappa shape index (κ3) is 394. The Morgan fingerprint density at radius 3 is 0.704 bits per heavy atom. The first-order valence-electron chi connectivity index (χ1n) is 3.85. The average molecular weight is 772 g/mol. The van der Waals surface area contributed by atoms with E-state index >= 15 is 0 Å². The number of aliphatic hydroxyl groups excluding tert-OH is 5. The first-order valence-corrected chi connectivity index (χ1v) is 6.51. The second-order valence-electron chi connectivity index (χ2n) is 1.04. The van der Waals surface area contributed by atoms with Crippen LogP contribution in [0, 0.1) is 0 Å². The normalized spacial score (nSPS) is 4.44. The molecule has 0 aromatic rings. The Labute approximate surface area is 278 Å². The SMILES string of the molecule is O=[C-]O.O=[C-]O.O=[C-]OCO.O=[C-]OCO.OCO.[S-][S-].[S-][S-].[Y].[Y].[Y].[Y]. The smallest absolute Gasteiger partial charge is 0.152 e. The monoisotopic (exact) mass is 772 g/mol. The van der Waals surface area contributed by atoms with Crippen LogP contribution in [-0.4, -0.2) is 76.9 Å². The van der Waals surface area contributed by atoms with Gasteiger partial charge < -0.3 is 106 Å². The van der Waals surface area contributed by atoms with Crippen molar-refractivity contribution in [2.24, 2.45) is 0 Å². The standard InChI is InChI=1S/2C2H3O3.CH4O2.2CHO2.2S2.4Y/c2*3-1-5-2-4;3*2-1-3;2*1-2;;;;/h2*3H,1H2;2-3H,1H2;2*(H,2,3);;;;;;/q2*-1;;2*-1;2*-2;;;;. The van der Waals surface area contributed by atoms with Crippen LogP contribution in [0.1, 0.15) is 0 Å². The number of hydrogen-bond donors (Lipinski definition) is 6. The second kappa shape index (κ2) is 153. The quantitative estimate of drug-likeness (QED) is 0.0701. The summed E-state index contributed by atoms with van der Waals surface area (Å²) in [7, 11) is 0. The van der Waals surface area contributed by atoms with Crippen molar-refractivity contribution in [3.8, 4) is 0 Å². The van der Waals surface area contributed by atoms with Crippen molar-refractivity contribution >= 4 is 72.5 Å². The Kier molecular flexibility index (Phi) is 396. The summed E-state index contributed by atoms with van der Waals surface area (Å²) in [6, 6.07) is 0. The van der Waals surface area contributed by atoms with E-state index in [0.29, 0.717) is 12.9 Å². The van der Waals surface area contributed by atoms with Crippen molar-refractivity contribution in [3.63, 3.8) is 0 Å². The van der Waals surface area contributed by atoms with E-state index < -0.39 is 20.4 Å². The molecular weight excluding hydrogens is 760 g/mol. The van der Waals surface area contributed by atoms with Gasteiger partial charge in [-0.15, -0.1) is 0 Å². The van der Waals surface area contributed by atoms with Crippen LogP contribution >= 0.6 is 0 Å². The van der Waals surface area contributed by atoms with E-state index in [-0.39, 0.29) is 131 Å². The number of hydrogen-bond acceptors (Lipinski definition) is 14. The molecule has 4 radical (unpaired) electrons. The van der Waals surface area contributed by atoms with Crippen LogP contribution in [0.3, 0.4) is 0 Å². The molecule has 0 spiro atoms. The largest absolute Gasteiger partial charge is 1.00 e. The molecule has 0 amide bonds. The number of aliphatic hydroxyl groups is 4. The molecule has 0 aromatic carbocycles. The minimum absolute atomic E-state index is 0. The molecule has 12 nitrogen and oxygen atoms in total. The zero-order valence-corrected chi connectivity index (χ0v) is 27.8. The maximum Gasteiger partial charge on any atom is 0.152 e. The fourth-order valence-electron chi connectivity index (χ4n) is 0.0527. The van der Waals surface area contributed by atoms with Gasteiger partial charge in [-0.05, 0) is 0 Å². The van der Waals surface area contributed by atoms with Crippen LogP contribution in [0.15, 0.2) is 0 Å². The molecule has 0 unspecified atom stereocenters. The van der Waals surface area contributed by atoms with E-state index in [0.717, 1.165) is 12.9 Å². The van der Waals surface area contributed by atoms with E-state index in [9.17, 15) is 0 Å². The number of ether oxygens (including phenoxy) is 2. The molecule has 27 heavy (non-hydrogen) atoms. The summed E-state index contributed by atoms with van der Waals surface area (Å²) in [5, 5.41) is 42.9. The minimum atomic E-state index is -0.750. The van der Waals surface area contributed by atoms with Gasteiger partial charge in [-0.25, -0.2) is 0 Å². The van der Waals surface area contributed by atoms with Gasteiger partial charge in [0.15, 0.2) is 13.6 Å². The van der Waals surface area contributed by atoms with E-state index in [2.05, 4.69) is 56.1 Å². The third-order valence-corrected chi connectivity index (χ3v) is 0.247. The maximum absolute atomic E-state index is 8.90. The zero-order valence-electron chi connectivity index (χ0n) is 13.2. The fraction of sp³-hybridized carbons (Fsp3) is 0.429. The Balaban J connectivity index is -0.0000000123. The number of rotatable bonds is 4. The van der Waals surface area contributed by atoms with E-state index in [4.69, 9.17) is 49.8 Å². The topological polar surface area (TPSA) is 208 Å². The van der Waals surface area contributed by atoms with E-state index in [1.165, 1.54) is 0 Å². The molecule has 0 saturated heterocycles. The Morgan fingerprint density at radius 1 is 0.593 bits per heavy atom. The molecule has 20 heteroatoms. The van der Waals surface area contributed by atoms with Crippen molar-refractivity contribution in [2.45, 2.75) is 0 Å². The molecule has 0 saturated carbocycles. The molecule has 0 bridgehead atoms. The Bertz CT molecular complexity index is 165. The molecule has 0 aromatic heterocycles. The second-order valence-corrected chi connectivity index (χ2v) is 1.04. The van der Waals surface area contributed by atoms with Crippen LogP contribution in [0.2, 0.25) is 0 Å². The summed E-state index contributed by atoms with van der Waals surface area (Å²) in [6.45, 7) is 1.12. The van der Waals surface area contributed by atoms with Gasteiger partial charge in [0, 0.05) is 131 Å². The first kappa shape index (κ1) is 69.8. The molecular formula is C7H12O12S4Y4-8. The molecule has 0 atom stereocenters. The summed E-state index contributed by atoms with van der Waals surface area (Å²) < 4.78 is 7.17. The molecule has 0 rings (SSSR count). The van der Waals surface area contributed by atoms with Crippen LogP contribution in [0.4, 0.5) is 0 Å². The Morgan fingerprint density at radius 2 is 0.704 bits per heavy atom. The van der Waals surface area contributed by atoms with Gasteiger partial charge in [-0.1, -0.05) is 25.9 Å². The van der Waals surface area contributed by atoms with E-state index in [1.807, 2.05) is 0 Å². The van der Waals surface area contributed by atoms with Crippen molar-refractivity contribution in [1.29, 1.82) is 0 Å². The van der Waals surface area contributed by atoms with Gasteiger partial charge in [-0.3, -0.25) is 0 Å². The van der Waals surface area contributed by atoms with Crippen molar-refractivity contribution in [2.75, 3.05) is 20.4 Å². The summed E-state index contributed by atoms with van der Waals surface area (Å²) in [5.41, 5.74) is 0. The molecule has 156 valence electrons. The third-order valence-electron chi connectivity index (χ3n) is 0.247. The van der Waals surface area contributed by atoms with Crippen LogP contribution < -0.4 is 0 Å². The molecule has 0 aliphatic heterocycles. The van der Waals surface area contributed by atoms with Gasteiger partial charge in [0.25, 0.3) is 0 Å². The van der Waals surface area contributed by atoms with Gasteiger partial charge >= 0.3 is 0 Å². The summed E-state index contributed by atoms with van der Waals surface area (Å²) in [5.74, 6) is 0. The summed E-state index contributed by atoms with van der Waals surface area (Å²) >= 11 is 14.7. The molecule has 0 fully saturated rings. The van der Waals surface area contributed by atoms with Crippen LogP contribution in [0.25, 0.3) is 0 Å². The molecule has 0 aliphatic carbocycles. The van der Waals surface area contributed by atoms with Crippen molar-refractivity contribution < 1.29 is 190 Å². The van der Waals surface area contributed by atoms with Crippen molar-refractivity contribution in [1.82, 2.24) is 0 Å². The molecule has 0 aliphatic rings. The first-order chi connectivity index (χ1) is 11.1. The Hall–Kier alpha value is 3.54. The van der Waals surface area contributed by atoms with Gasteiger partial charge in [0.2, 0.25) is 0 Å². The average Bonchev–Trinajstić information content (AvgIpc) is 2.56. The van der Waals surface area contributed by atoms with E-state index in [1.54, 1.807) is 0 Å². The maximum atomic E-state index is 8.90. The van der Waals surface area contributed by atoms with Crippen molar-refractivity contribution in [3.05, 3.63) is 0 Å². The molecule has 6 N–H and O–H groups in total. The number of carbonyl (C=O) groups excluding carboxylic acids is 2. The fourth-order valence-corrected chi connectivity index (χ4v) is 0.0527. The predicted molar refractivity (Wildman–Crippen MR) is 83.1 cm³/mol. The van der Waals surface area contributed by atoms with Gasteiger partial charge in [-0.2, -0.15) is 0 Å². The minimum Gasteiger partial charge on any atom is -1.00 e. The summed E-state index contributed by atoms with van der Waals surface area (Å²) in [4.78, 5) is 34.3. The predicted octanol–water partition coefficient (Wildman–Crippen LogP) is -3.83. The summed E-state index contributed by atoms with van der Waals surface area (Å²) in [6.07, 6.45) is 0. The zero-order chi connectivity index (χ0) is 20.4. The molecule has 0 heterocycles. The van der Waals surface area contributed by atoms with Gasteiger partial charge in [0.05, 0.1) is 0 Å². The van der Waals surface area contributed by atoms with Gasteiger partial charge in [0.1, 0.15) is 6.79 Å².